The fourth-order valence-electron chi connectivity index (χ4n) is 3.82. The van der Waals surface area contributed by atoms with Gasteiger partial charge in [0, 0.05) is 30.3 Å². The lowest BCUT2D eigenvalue weighted by atomic mass is 9.98. The topological polar surface area (TPSA) is 110 Å². The molecule has 8 nitrogen and oxygen atoms in total. The van der Waals surface area contributed by atoms with E-state index in [0.717, 1.165) is 22.4 Å². The van der Waals surface area contributed by atoms with Crippen molar-refractivity contribution < 1.29 is 4.79 Å². The molecule has 9 heteroatoms. The number of carbonyl (C=O) groups excluding carboxylic acids is 1. The summed E-state index contributed by atoms with van der Waals surface area (Å²) >= 11 is 6.21. The van der Waals surface area contributed by atoms with E-state index in [1.807, 2.05) is 47.7 Å². The molecule has 0 saturated carbocycles. The Kier molecular flexibility index (Phi) is 4.87. The third-order valence-corrected chi connectivity index (χ3v) is 5.78. The lowest BCUT2D eigenvalue weighted by Crippen LogP contribution is -2.40. The van der Waals surface area contributed by atoms with E-state index in [1.54, 1.807) is 0 Å². The lowest BCUT2D eigenvalue weighted by molar-refractivity contribution is 0.0994. The van der Waals surface area contributed by atoms with Crippen molar-refractivity contribution in [1.82, 2.24) is 20.0 Å². The van der Waals surface area contributed by atoms with Crippen molar-refractivity contribution in [1.29, 1.82) is 0 Å². The smallest absolute Gasteiger partial charge is 0.285 e. The van der Waals surface area contributed by atoms with Crippen LogP contribution in [-0.4, -0.2) is 31.9 Å². The Bertz CT molecular complexity index is 1150. The summed E-state index contributed by atoms with van der Waals surface area (Å²) in [5.41, 5.74) is 9.97. The first kappa shape index (κ1) is 19.2. The van der Waals surface area contributed by atoms with Crippen LogP contribution in [0.15, 0.2) is 35.3 Å². The van der Waals surface area contributed by atoms with Gasteiger partial charge < -0.3 is 10.6 Å². The molecule has 0 aliphatic carbocycles. The van der Waals surface area contributed by atoms with Crippen molar-refractivity contribution >= 4 is 23.2 Å². The summed E-state index contributed by atoms with van der Waals surface area (Å²) < 4.78 is 1.86. The van der Waals surface area contributed by atoms with Crippen molar-refractivity contribution in [2.75, 3.05) is 4.90 Å². The second-order valence-corrected chi connectivity index (χ2v) is 7.68. The second kappa shape index (κ2) is 7.36. The van der Waals surface area contributed by atoms with Crippen LogP contribution < -0.4 is 16.2 Å². The van der Waals surface area contributed by atoms with Crippen LogP contribution in [0.2, 0.25) is 5.02 Å². The van der Waals surface area contributed by atoms with Crippen LogP contribution in [0.1, 0.15) is 39.8 Å². The molecule has 29 heavy (non-hydrogen) atoms. The minimum absolute atomic E-state index is 0.0247. The highest BCUT2D eigenvalue weighted by molar-refractivity contribution is 6.33. The molecule has 2 aromatic heterocycles. The van der Waals surface area contributed by atoms with Gasteiger partial charge in [0.1, 0.15) is 5.02 Å². The molecule has 3 aromatic rings. The Hall–Kier alpha value is -3.13. The predicted octanol–water partition coefficient (Wildman–Crippen LogP) is 2.03. The number of fused-ring (bicyclic) bond motifs is 1. The fourth-order valence-corrected chi connectivity index (χ4v) is 4.02. The van der Waals surface area contributed by atoms with Gasteiger partial charge in [0.15, 0.2) is 5.69 Å². The quantitative estimate of drug-likeness (QED) is 0.681. The molecule has 3 heterocycles. The Labute approximate surface area is 172 Å². The van der Waals surface area contributed by atoms with Crippen LogP contribution in [0.4, 0.5) is 5.69 Å². The van der Waals surface area contributed by atoms with E-state index in [-0.39, 0.29) is 16.8 Å². The Morgan fingerprint density at radius 1 is 1.38 bits per heavy atom. The van der Waals surface area contributed by atoms with Crippen molar-refractivity contribution in [3.05, 3.63) is 73.9 Å². The molecule has 1 atom stereocenters. The molecule has 1 amide bonds. The third-order valence-electron chi connectivity index (χ3n) is 5.42. The van der Waals surface area contributed by atoms with E-state index in [2.05, 4.69) is 15.3 Å². The SMILES string of the molecule is Cc1ccccc1Cn1nc(C(N)=O)c2c1C[C@@H](C)N(c1cn[nH]c(=O)c1Cl)C2. The molecule has 0 spiro atoms. The number of aromatic nitrogens is 4. The molecule has 0 bridgehead atoms. The fraction of sp³-hybridized carbons (Fsp3) is 0.300. The normalized spacial score (nSPS) is 16.0. The van der Waals surface area contributed by atoms with E-state index >= 15 is 0 Å². The first-order chi connectivity index (χ1) is 13.9. The van der Waals surface area contributed by atoms with Crippen molar-refractivity contribution in [2.24, 2.45) is 5.73 Å². The van der Waals surface area contributed by atoms with Crippen LogP contribution in [0.3, 0.4) is 0 Å². The zero-order valence-electron chi connectivity index (χ0n) is 16.1. The number of hydrogen-bond acceptors (Lipinski definition) is 5. The van der Waals surface area contributed by atoms with Gasteiger partial charge in [-0.2, -0.15) is 10.2 Å². The third kappa shape index (κ3) is 3.40. The molecule has 0 saturated heterocycles. The van der Waals surface area contributed by atoms with Crippen LogP contribution >= 0.6 is 11.6 Å². The van der Waals surface area contributed by atoms with Crippen molar-refractivity contribution in [3.63, 3.8) is 0 Å². The Morgan fingerprint density at radius 3 is 2.86 bits per heavy atom. The predicted molar refractivity (Wildman–Crippen MR) is 110 cm³/mol. The minimum atomic E-state index is -0.575. The number of aromatic amines is 1. The molecule has 3 N–H and O–H groups in total. The maximum absolute atomic E-state index is 12.1. The van der Waals surface area contributed by atoms with Crippen molar-refractivity contribution in [3.8, 4) is 0 Å². The molecule has 1 aliphatic heterocycles. The summed E-state index contributed by atoms with van der Waals surface area (Å²) in [7, 11) is 0. The van der Waals surface area contributed by atoms with Gasteiger partial charge in [0.25, 0.3) is 11.5 Å². The van der Waals surface area contributed by atoms with Gasteiger partial charge in [-0.25, -0.2) is 5.10 Å². The number of aryl methyl sites for hydroxylation is 1. The lowest BCUT2D eigenvalue weighted by Gasteiger charge is -2.35. The number of H-pyrrole nitrogens is 1. The number of nitrogens with zero attached hydrogens (tertiary/aromatic N) is 4. The highest BCUT2D eigenvalue weighted by atomic mass is 35.5. The average molecular weight is 413 g/mol. The van der Waals surface area contributed by atoms with E-state index in [4.69, 9.17) is 17.3 Å². The van der Waals surface area contributed by atoms with Crippen LogP contribution in [0, 0.1) is 6.92 Å². The molecular weight excluding hydrogens is 392 g/mol. The Balaban J connectivity index is 1.77. The van der Waals surface area contributed by atoms with Gasteiger partial charge in [0.2, 0.25) is 0 Å². The van der Waals surface area contributed by atoms with Gasteiger partial charge in [-0.15, -0.1) is 0 Å². The minimum Gasteiger partial charge on any atom is -0.364 e. The molecule has 1 aliphatic rings. The average Bonchev–Trinajstić information content (AvgIpc) is 3.03. The number of hydrogen-bond donors (Lipinski definition) is 2. The second-order valence-electron chi connectivity index (χ2n) is 7.30. The molecule has 0 radical (unpaired) electrons. The standard InChI is InChI=1S/C20H21ClN6O2/c1-11-5-3-4-6-13(11)9-27-15-7-12(2)26(10-14(15)18(25-27)19(22)28)16-8-23-24-20(29)17(16)21/h3-6,8,12H,7,9-10H2,1-2H3,(H2,22,28)(H,24,29)/t12-/m1/s1. The van der Waals surface area contributed by atoms with Gasteiger partial charge in [-0.3, -0.25) is 14.3 Å². The maximum atomic E-state index is 12.1. The van der Waals surface area contributed by atoms with E-state index < -0.39 is 11.5 Å². The van der Waals surface area contributed by atoms with Gasteiger partial charge in [-0.1, -0.05) is 35.9 Å². The summed E-state index contributed by atoms with van der Waals surface area (Å²) in [5.74, 6) is -0.575. The number of nitrogens with one attached hydrogen (secondary N) is 1. The summed E-state index contributed by atoms with van der Waals surface area (Å²) in [6.07, 6.45) is 2.15. The summed E-state index contributed by atoms with van der Waals surface area (Å²) in [6.45, 7) is 5.01. The van der Waals surface area contributed by atoms with Crippen LogP contribution in [0.25, 0.3) is 0 Å². The van der Waals surface area contributed by atoms with E-state index in [0.29, 0.717) is 25.2 Å². The van der Waals surface area contributed by atoms with Gasteiger partial charge in [0.05, 0.1) is 18.4 Å². The summed E-state index contributed by atoms with van der Waals surface area (Å²) in [5, 5.41) is 10.8. The number of amides is 1. The highest BCUT2D eigenvalue weighted by Crippen LogP contribution is 2.32. The molecule has 0 fully saturated rings. The molecule has 150 valence electrons. The maximum Gasteiger partial charge on any atom is 0.285 e. The molecule has 4 rings (SSSR count). The highest BCUT2D eigenvalue weighted by Gasteiger charge is 2.32. The zero-order chi connectivity index (χ0) is 20.7. The molecule has 1 aromatic carbocycles. The summed E-state index contributed by atoms with van der Waals surface area (Å²) in [4.78, 5) is 25.9. The van der Waals surface area contributed by atoms with E-state index in [1.165, 1.54) is 6.20 Å². The number of rotatable bonds is 4. The molecule has 0 unspecified atom stereocenters. The van der Waals surface area contributed by atoms with Gasteiger partial charge in [-0.05, 0) is 25.0 Å². The van der Waals surface area contributed by atoms with Crippen LogP contribution in [-0.2, 0) is 19.5 Å². The first-order valence-corrected chi connectivity index (χ1v) is 9.67. The number of primary amides is 1. The van der Waals surface area contributed by atoms with Crippen LogP contribution in [0.5, 0.6) is 0 Å². The summed E-state index contributed by atoms with van der Waals surface area (Å²) in [6, 6.07) is 8.10. The Morgan fingerprint density at radius 2 is 2.14 bits per heavy atom. The van der Waals surface area contributed by atoms with Gasteiger partial charge >= 0.3 is 0 Å². The number of nitrogens with two attached hydrogens (primary N) is 1. The number of benzene rings is 1. The molecular formula is C20H21ClN6O2. The number of halogens is 1. The largest absolute Gasteiger partial charge is 0.364 e. The van der Waals surface area contributed by atoms with Crippen molar-refractivity contribution in [2.45, 2.75) is 39.4 Å². The monoisotopic (exact) mass is 412 g/mol. The first-order valence-electron chi connectivity index (χ1n) is 9.29. The van der Waals surface area contributed by atoms with E-state index in [9.17, 15) is 9.59 Å². The number of carbonyl (C=O) groups is 1. The number of anilines is 1. The zero-order valence-corrected chi connectivity index (χ0v) is 16.9.